The van der Waals surface area contributed by atoms with Gasteiger partial charge in [0.25, 0.3) is 11.6 Å². The highest BCUT2D eigenvalue weighted by atomic mass is 19.1. The van der Waals surface area contributed by atoms with Crippen molar-refractivity contribution < 1.29 is 23.2 Å². The maximum Gasteiger partial charge on any atom is 0.269 e. The fourth-order valence-corrected chi connectivity index (χ4v) is 3.01. The Labute approximate surface area is 154 Å². The maximum absolute atomic E-state index is 13.7. The number of hydrogen-bond acceptors (Lipinski definition) is 4. The minimum atomic E-state index is -0.662. The molecule has 142 valence electrons. The van der Waals surface area contributed by atoms with Crippen LogP contribution in [0, 0.1) is 21.7 Å². The van der Waals surface area contributed by atoms with Crippen LogP contribution >= 0.6 is 0 Å². The first-order valence-electron chi connectivity index (χ1n) is 8.53. The summed E-state index contributed by atoms with van der Waals surface area (Å²) in [6.07, 6.45) is 1.20. The molecule has 1 amide bonds. The second kappa shape index (κ2) is 8.22. The molecule has 27 heavy (non-hydrogen) atoms. The van der Waals surface area contributed by atoms with Gasteiger partial charge in [0.05, 0.1) is 17.6 Å². The van der Waals surface area contributed by atoms with Crippen molar-refractivity contribution in [2.24, 2.45) is 0 Å². The van der Waals surface area contributed by atoms with Crippen LogP contribution in [0.4, 0.5) is 14.5 Å². The molecule has 2 aromatic rings. The summed E-state index contributed by atoms with van der Waals surface area (Å²) in [5, 5.41) is 10.7. The monoisotopic (exact) mass is 376 g/mol. The average molecular weight is 376 g/mol. The van der Waals surface area contributed by atoms with Crippen molar-refractivity contribution in [2.45, 2.75) is 25.6 Å². The molecule has 1 unspecified atom stereocenters. The van der Waals surface area contributed by atoms with E-state index in [1.165, 1.54) is 36.4 Å². The van der Waals surface area contributed by atoms with Crippen molar-refractivity contribution in [1.29, 1.82) is 0 Å². The number of carbonyl (C=O) groups is 1. The van der Waals surface area contributed by atoms with Crippen molar-refractivity contribution >= 4 is 11.6 Å². The molecule has 1 fully saturated rings. The first kappa shape index (κ1) is 18.9. The predicted octanol–water partition coefficient (Wildman–Crippen LogP) is 3.69. The zero-order chi connectivity index (χ0) is 19.4. The average Bonchev–Trinajstić information content (AvgIpc) is 2.67. The van der Waals surface area contributed by atoms with Gasteiger partial charge in [0, 0.05) is 42.4 Å². The highest BCUT2D eigenvalue weighted by Crippen LogP contribution is 2.20. The topological polar surface area (TPSA) is 72.7 Å². The molecule has 1 atom stereocenters. The van der Waals surface area contributed by atoms with Gasteiger partial charge < -0.3 is 9.64 Å². The Hall–Kier alpha value is -2.87. The lowest BCUT2D eigenvalue weighted by Gasteiger charge is -2.32. The van der Waals surface area contributed by atoms with Gasteiger partial charge in [-0.05, 0) is 31.0 Å². The maximum atomic E-state index is 13.7. The zero-order valence-corrected chi connectivity index (χ0v) is 14.4. The number of halogens is 2. The Balaban J connectivity index is 1.59. The van der Waals surface area contributed by atoms with Gasteiger partial charge in [-0.2, -0.15) is 0 Å². The summed E-state index contributed by atoms with van der Waals surface area (Å²) in [6.45, 7) is 0.898. The van der Waals surface area contributed by atoms with Crippen LogP contribution < -0.4 is 0 Å². The number of benzene rings is 2. The van der Waals surface area contributed by atoms with Crippen LogP contribution in [0.15, 0.2) is 42.5 Å². The molecular weight excluding hydrogens is 358 g/mol. The molecule has 1 aliphatic rings. The number of likely N-dealkylation sites (tertiary alicyclic amines) is 1. The summed E-state index contributed by atoms with van der Waals surface area (Å²) >= 11 is 0. The number of nitrogens with zero attached hydrogens (tertiary/aromatic N) is 2. The number of ether oxygens (including phenoxy) is 1. The SMILES string of the molecule is O=C(c1ccc([N+](=O)[O-])cc1)N1CCCC(OCc2ccc(F)cc2F)C1. The molecule has 0 bridgehead atoms. The molecule has 0 saturated carbocycles. The van der Waals surface area contributed by atoms with Crippen LogP contribution in [-0.2, 0) is 11.3 Å². The molecule has 0 aromatic heterocycles. The fraction of sp³-hybridized carbons (Fsp3) is 0.316. The number of nitro groups is 1. The Morgan fingerprint density at radius 2 is 1.96 bits per heavy atom. The van der Waals surface area contributed by atoms with Gasteiger partial charge in [-0.15, -0.1) is 0 Å². The molecule has 6 nitrogen and oxygen atoms in total. The van der Waals surface area contributed by atoms with Gasteiger partial charge in [-0.25, -0.2) is 8.78 Å². The van der Waals surface area contributed by atoms with Gasteiger partial charge in [0.15, 0.2) is 0 Å². The third-order valence-electron chi connectivity index (χ3n) is 4.48. The normalized spacial score (nSPS) is 17.0. The zero-order valence-electron chi connectivity index (χ0n) is 14.4. The summed E-state index contributed by atoms with van der Waals surface area (Å²) < 4.78 is 32.3. The molecule has 8 heteroatoms. The van der Waals surface area contributed by atoms with E-state index in [0.29, 0.717) is 18.7 Å². The standard InChI is InChI=1S/C19H18F2N2O4/c20-15-6-3-14(18(21)10-15)12-27-17-2-1-9-22(11-17)19(24)13-4-7-16(8-5-13)23(25)26/h3-8,10,17H,1-2,9,11-12H2. The minimum Gasteiger partial charge on any atom is -0.372 e. The highest BCUT2D eigenvalue weighted by molar-refractivity contribution is 5.94. The lowest BCUT2D eigenvalue weighted by molar-refractivity contribution is -0.384. The first-order valence-corrected chi connectivity index (χ1v) is 8.53. The van der Waals surface area contributed by atoms with E-state index >= 15 is 0 Å². The number of nitro benzene ring substituents is 1. The van der Waals surface area contributed by atoms with Gasteiger partial charge in [0.1, 0.15) is 11.6 Å². The van der Waals surface area contributed by atoms with E-state index in [1.54, 1.807) is 4.90 Å². The first-order chi connectivity index (χ1) is 12.9. The lowest BCUT2D eigenvalue weighted by atomic mass is 10.1. The van der Waals surface area contributed by atoms with Crippen molar-refractivity contribution in [3.05, 3.63) is 75.3 Å². The molecule has 1 heterocycles. The van der Waals surface area contributed by atoms with Gasteiger partial charge in [-0.1, -0.05) is 6.07 Å². The van der Waals surface area contributed by atoms with E-state index in [2.05, 4.69) is 0 Å². The summed E-state index contributed by atoms with van der Waals surface area (Å²) in [5.74, 6) is -1.54. The summed E-state index contributed by atoms with van der Waals surface area (Å²) in [4.78, 5) is 24.4. The van der Waals surface area contributed by atoms with Crippen LogP contribution in [0.1, 0.15) is 28.8 Å². The Morgan fingerprint density at radius 1 is 1.22 bits per heavy atom. The number of amides is 1. The van der Waals surface area contributed by atoms with Crippen LogP contribution in [-0.4, -0.2) is 34.9 Å². The molecule has 0 N–H and O–H groups in total. The van der Waals surface area contributed by atoms with Crippen molar-refractivity contribution in [3.63, 3.8) is 0 Å². The fourth-order valence-electron chi connectivity index (χ4n) is 3.01. The molecule has 1 saturated heterocycles. The van der Waals surface area contributed by atoms with E-state index in [-0.39, 0.29) is 29.9 Å². The molecule has 0 spiro atoms. The van der Waals surface area contributed by atoms with E-state index in [9.17, 15) is 23.7 Å². The number of rotatable bonds is 5. The minimum absolute atomic E-state index is 0.00363. The summed E-state index contributed by atoms with van der Waals surface area (Å²) in [6, 6.07) is 8.77. The third kappa shape index (κ3) is 4.65. The van der Waals surface area contributed by atoms with Crippen LogP contribution in [0.25, 0.3) is 0 Å². The van der Waals surface area contributed by atoms with E-state index in [0.717, 1.165) is 18.9 Å². The molecule has 0 radical (unpaired) electrons. The second-order valence-corrected chi connectivity index (χ2v) is 6.37. The number of piperidine rings is 1. The predicted molar refractivity (Wildman–Crippen MR) is 93.2 cm³/mol. The van der Waals surface area contributed by atoms with Crippen molar-refractivity contribution in [1.82, 2.24) is 4.90 Å². The number of hydrogen-bond donors (Lipinski definition) is 0. The molecule has 2 aromatic carbocycles. The quantitative estimate of drug-likeness (QED) is 0.589. The Morgan fingerprint density at radius 3 is 2.63 bits per heavy atom. The third-order valence-corrected chi connectivity index (χ3v) is 4.48. The molecule has 3 rings (SSSR count). The smallest absolute Gasteiger partial charge is 0.269 e. The van der Waals surface area contributed by atoms with Crippen LogP contribution in [0.3, 0.4) is 0 Å². The Bertz CT molecular complexity index is 842. The lowest BCUT2D eigenvalue weighted by Crippen LogP contribution is -2.43. The van der Waals surface area contributed by atoms with E-state index in [4.69, 9.17) is 4.74 Å². The second-order valence-electron chi connectivity index (χ2n) is 6.37. The van der Waals surface area contributed by atoms with E-state index in [1.807, 2.05) is 0 Å². The largest absolute Gasteiger partial charge is 0.372 e. The summed E-state index contributed by atoms with van der Waals surface area (Å²) in [7, 11) is 0. The van der Waals surface area contributed by atoms with Gasteiger partial charge in [0.2, 0.25) is 0 Å². The highest BCUT2D eigenvalue weighted by Gasteiger charge is 2.25. The molecule has 1 aliphatic heterocycles. The number of non-ortho nitro benzene ring substituents is 1. The molecule has 0 aliphatic carbocycles. The number of carbonyl (C=O) groups excluding carboxylic acids is 1. The van der Waals surface area contributed by atoms with Crippen LogP contribution in [0.2, 0.25) is 0 Å². The molecular formula is C19H18F2N2O4. The Kier molecular flexibility index (Phi) is 5.75. The van der Waals surface area contributed by atoms with E-state index < -0.39 is 16.6 Å². The summed E-state index contributed by atoms with van der Waals surface area (Å²) in [5.41, 5.74) is 0.550. The van der Waals surface area contributed by atoms with Crippen LogP contribution in [0.5, 0.6) is 0 Å². The van der Waals surface area contributed by atoms with Gasteiger partial charge >= 0.3 is 0 Å². The van der Waals surface area contributed by atoms with Crippen molar-refractivity contribution in [2.75, 3.05) is 13.1 Å². The van der Waals surface area contributed by atoms with Gasteiger partial charge in [-0.3, -0.25) is 14.9 Å². The van der Waals surface area contributed by atoms with Crippen molar-refractivity contribution in [3.8, 4) is 0 Å².